The average Bonchev–Trinajstić information content (AvgIpc) is 2.26. The van der Waals surface area contributed by atoms with Crippen molar-refractivity contribution < 1.29 is 0 Å². The highest BCUT2D eigenvalue weighted by Gasteiger charge is 2.20. The van der Waals surface area contributed by atoms with Crippen LogP contribution >= 0.6 is 0 Å². The fourth-order valence-corrected chi connectivity index (χ4v) is 2.42. The molecule has 3 nitrogen and oxygen atoms in total. The number of hydrogen-bond acceptors (Lipinski definition) is 3. The molecule has 1 heterocycles. The fourth-order valence-electron chi connectivity index (χ4n) is 2.42. The van der Waals surface area contributed by atoms with Crippen molar-refractivity contribution in [2.75, 3.05) is 40.3 Å². The van der Waals surface area contributed by atoms with E-state index in [9.17, 15) is 0 Å². The zero-order valence-corrected chi connectivity index (χ0v) is 11.5. The SMILES string of the molecule is CNC(C)CCCCN1CCN(C)CC1C. The van der Waals surface area contributed by atoms with E-state index in [1.54, 1.807) is 0 Å². The highest BCUT2D eigenvalue weighted by Crippen LogP contribution is 2.10. The third-order valence-electron chi connectivity index (χ3n) is 3.79. The van der Waals surface area contributed by atoms with Crippen molar-refractivity contribution in [2.45, 2.75) is 45.2 Å². The van der Waals surface area contributed by atoms with E-state index >= 15 is 0 Å². The van der Waals surface area contributed by atoms with E-state index in [0.29, 0.717) is 6.04 Å². The van der Waals surface area contributed by atoms with Crippen molar-refractivity contribution in [2.24, 2.45) is 0 Å². The maximum Gasteiger partial charge on any atom is 0.0195 e. The van der Waals surface area contributed by atoms with E-state index in [-0.39, 0.29) is 0 Å². The molecule has 0 amide bonds. The number of likely N-dealkylation sites (N-methyl/N-ethyl adjacent to an activating group) is 1. The Labute approximate surface area is 101 Å². The number of unbranched alkanes of at least 4 members (excludes halogenated alkanes) is 1. The van der Waals surface area contributed by atoms with Crippen LogP contribution in [-0.4, -0.2) is 62.2 Å². The van der Waals surface area contributed by atoms with Gasteiger partial charge in [0.15, 0.2) is 0 Å². The van der Waals surface area contributed by atoms with Crippen molar-refractivity contribution in [3.63, 3.8) is 0 Å². The summed E-state index contributed by atoms with van der Waals surface area (Å²) in [5.41, 5.74) is 0. The van der Waals surface area contributed by atoms with Crippen LogP contribution in [0.15, 0.2) is 0 Å². The Morgan fingerprint density at radius 3 is 2.69 bits per heavy atom. The molecule has 0 radical (unpaired) electrons. The van der Waals surface area contributed by atoms with E-state index in [2.05, 4.69) is 36.0 Å². The molecule has 1 saturated heterocycles. The molecule has 2 unspecified atom stereocenters. The first-order valence-corrected chi connectivity index (χ1v) is 6.73. The van der Waals surface area contributed by atoms with E-state index in [1.165, 1.54) is 45.4 Å². The molecule has 0 aromatic heterocycles. The van der Waals surface area contributed by atoms with Gasteiger partial charge in [-0.3, -0.25) is 4.90 Å². The second-order valence-electron chi connectivity index (χ2n) is 5.33. The van der Waals surface area contributed by atoms with Crippen LogP contribution < -0.4 is 5.32 Å². The quantitative estimate of drug-likeness (QED) is 0.692. The lowest BCUT2D eigenvalue weighted by Crippen LogP contribution is -2.50. The molecule has 0 bridgehead atoms. The van der Waals surface area contributed by atoms with E-state index < -0.39 is 0 Å². The maximum atomic E-state index is 3.30. The molecule has 0 saturated carbocycles. The first-order chi connectivity index (χ1) is 7.63. The number of piperazine rings is 1. The average molecular weight is 227 g/mol. The summed E-state index contributed by atoms with van der Waals surface area (Å²) >= 11 is 0. The summed E-state index contributed by atoms with van der Waals surface area (Å²) in [5.74, 6) is 0. The first-order valence-electron chi connectivity index (χ1n) is 6.73. The first kappa shape index (κ1) is 13.9. The van der Waals surface area contributed by atoms with Gasteiger partial charge in [0, 0.05) is 31.7 Å². The van der Waals surface area contributed by atoms with Gasteiger partial charge in [0.1, 0.15) is 0 Å². The number of rotatable bonds is 6. The van der Waals surface area contributed by atoms with Crippen molar-refractivity contribution >= 4 is 0 Å². The van der Waals surface area contributed by atoms with Gasteiger partial charge in [0.25, 0.3) is 0 Å². The molecular weight excluding hydrogens is 198 g/mol. The predicted octanol–water partition coefficient (Wildman–Crippen LogP) is 1.40. The van der Waals surface area contributed by atoms with Gasteiger partial charge in [0.05, 0.1) is 0 Å². The molecule has 16 heavy (non-hydrogen) atoms. The summed E-state index contributed by atoms with van der Waals surface area (Å²) in [6.07, 6.45) is 4.00. The van der Waals surface area contributed by atoms with Gasteiger partial charge >= 0.3 is 0 Å². The normalized spacial score (nSPS) is 25.9. The minimum absolute atomic E-state index is 0.671. The van der Waals surface area contributed by atoms with Crippen LogP contribution in [0.5, 0.6) is 0 Å². The second kappa shape index (κ2) is 7.25. The summed E-state index contributed by atoms with van der Waals surface area (Å²) in [6, 6.07) is 1.41. The predicted molar refractivity (Wildman–Crippen MR) is 70.9 cm³/mol. The summed E-state index contributed by atoms with van der Waals surface area (Å²) in [5, 5.41) is 3.30. The number of nitrogens with zero attached hydrogens (tertiary/aromatic N) is 2. The van der Waals surface area contributed by atoms with Crippen LogP contribution in [0.25, 0.3) is 0 Å². The largest absolute Gasteiger partial charge is 0.317 e. The molecule has 2 atom stereocenters. The molecule has 0 aromatic rings. The Morgan fingerprint density at radius 2 is 2.06 bits per heavy atom. The highest BCUT2D eigenvalue weighted by atomic mass is 15.3. The molecular formula is C13H29N3. The van der Waals surface area contributed by atoms with Crippen molar-refractivity contribution in [3.8, 4) is 0 Å². The topological polar surface area (TPSA) is 18.5 Å². The highest BCUT2D eigenvalue weighted by molar-refractivity contribution is 4.77. The Balaban J connectivity index is 2.08. The van der Waals surface area contributed by atoms with Gasteiger partial charge in [-0.25, -0.2) is 0 Å². The van der Waals surface area contributed by atoms with Gasteiger partial charge in [-0.05, 0) is 47.3 Å². The van der Waals surface area contributed by atoms with Gasteiger partial charge in [0.2, 0.25) is 0 Å². The summed E-state index contributed by atoms with van der Waals surface area (Å²) in [7, 11) is 4.27. The molecule has 1 fully saturated rings. The van der Waals surface area contributed by atoms with E-state index in [0.717, 1.165) is 6.04 Å². The minimum atomic E-state index is 0.671. The summed E-state index contributed by atoms with van der Waals surface area (Å²) in [6.45, 7) is 9.61. The van der Waals surface area contributed by atoms with E-state index in [1.807, 2.05) is 7.05 Å². The van der Waals surface area contributed by atoms with Crippen LogP contribution in [0.1, 0.15) is 33.1 Å². The lowest BCUT2D eigenvalue weighted by atomic mass is 10.1. The number of nitrogens with one attached hydrogen (secondary N) is 1. The Bertz CT molecular complexity index is 184. The molecule has 3 heteroatoms. The lowest BCUT2D eigenvalue weighted by molar-refractivity contribution is 0.0983. The summed E-state index contributed by atoms with van der Waals surface area (Å²) < 4.78 is 0. The van der Waals surface area contributed by atoms with Crippen molar-refractivity contribution in [3.05, 3.63) is 0 Å². The van der Waals surface area contributed by atoms with E-state index in [4.69, 9.17) is 0 Å². The lowest BCUT2D eigenvalue weighted by Gasteiger charge is -2.38. The molecule has 1 aliphatic heterocycles. The fraction of sp³-hybridized carbons (Fsp3) is 1.00. The van der Waals surface area contributed by atoms with Gasteiger partial charge < -0.3 is 10.2 Å². The monoisotopic (exact) mass is 227 g/mol. The van der Waals surface area contributed by atoms with Gasteiger partial charge in [-0.2, -0.15) is 0 Å². The number of hydrogen-bond donors (Lipinski definition) is 1. The molecule has 0 spiro atoms. The van der Waals surface area contributed by atoms with Crippen LogP contribution in [-0.2, 0) is 0 Å². The molecule has 1 aliphatic rings. The van der Waals surface area contributed by atoms with Crippen LogP contribution in [0.2, 0.25) is 0 Å². The molecule has 1 N–H and O–H groups in total. The summed E-state index contributed by atoms with van der Waals surface area (Å²) in [4.78, 5) is 5.08. The van der Waals surface area contributed by atoms with Crippen LogP contribution in [0.3, 0.4) is 0 Å². The Hall–Kier alpha value is -0.120. The zero-order chi connectivity index (χ0) is 12.0. The standard InChI is InChI=1S/C13H29N3/c1-12(14-3)7-5-6-8-16-10-9-15(4)11-13(16)2/h12-14H,5-11H2,1-4H3. The molecule has 1 rings (SSSR count). The Kier molecular flexibility index (Phi) is 6.32. The van der Waals surface area contributed by atoms with Gasteiger partial charge in [-0.1, -0.05) is 6.42 Å². The minimum Gasteiger partial charge on any atom is -0.317 e. The van der Waals surface area contributed by atoms with Crippen molar-refractivity contribution in [1.29, 1.82) is 0 Å². The second-order valence-corrected chi connectivity index (χ2v) is 5.33. The third-order valence-corrected chi connectivity index (χ3v) is 3.79. The molecule has 0 aromatic carbocycles. The van der Waals surface area contributed by atoms with Crippen LogP contribution in [0.4, 0.5) is 0 Å². The van der Waals surface area contributed by atoms with Gasteiger partial charge in [-0.15, -0.1) is 0 Å². The zero-order valence-electron chi connectivity index (χ0n) is 11.5. The van der Waals surface area contributed by atoms with Crippen LogP contribution in [0, 0.1) is 0 Å². The smallest absolute Gasteiger partial charge is 0.0195 e. The Morgan fingerprint density at radius 1 is 1.31 bits per heavy atom. The molecule has 96 valence electrons. The maximum absolute atomic E-state index is 3.30. The molecule has 0 aliphatic carbocycles. The van der Waals surface area contributed by atoms with Crippen molar-refractivity contribution in [1.82, 2.24) is 15.1 Å². The third kappa shape index (κ3) is 4.81.